The summed E-state index contributed by atoms with van der Waals surface area (Å²) in [4.78, 5) is 38.1. The summed E-state index contributed by atoms with van der Waals surface area (Å²) < 4.78 is 30.7. The van der Waals surface area contributed by atoms with Crippen molar-refractivity contribution < 1.29 is 18.4 Å². The predicted octanol–water partition coefficient (Wildman–Crippen LogP) is 5.17. The number of halogens is 2. The Morgan fingerprint density at radius 3 is 2.64 bits per heavy atom. The van der Waals surface area contributed by atoms with Gasteiger partial charge < -0.3 is 5.73 Å². The maximum Gasteiger partial charge on any atom is 0.227 e. The van der Waals surface area contributed by atoms with Gasteiger partial charge in [0.05, 0.1) is 22.5 Å². The van der Waals surface area contributed by atoms with Crippen LogP contribution in [0.25, 0.3) is 17.3 Å². The first-order valence-electron chi connectivity index (χ1n) is 12.5. The number of allylic oxidation sites excluding steroid dienone is 1. The van der Waals surface area contributed by atoms with Crippen molar-refractivity contribution in [3.63, 3.8) is 0 Å². The highest BCUT2D eigenvalue weighted by atomic mass is 19.1. The van der Waals surface area contributed by atoms with Crippen LogP contribution in [0.1, 0.15) is 57.8 Å². The molecule has 0 atom stereocenters. The number of nitrogens with two attached hydrogens (primary N) is 1. The highest BCUT2D eigenvalue weighted by Crippen LogP contribution is 2.32. The second kappa shape index (κ2) is 10.3. The van der Waals surface area contributed by atoms with Crippen LogP contribution in [0.4, 0.5) is 8.78 Å². The number of benzene rings is 2. The zero-order chi connectivity index (χ0) is 27.7. The number of fused-ring (bicyclic) bond motifs is 1. The molecule has 1 aliphatic carbocycles. The van der Waals surface area contributed by atoms with E-state index in [9.17, 15) is 14.0 Å². The minimum absolute atomic E-state index is 0.0688. The zero-order valence-electron chi connectivity index (χ0n) is 21.5. The molecule has 5 rings (SSSR count). The highest BCUT2D eigenvalue weighted by Gasteiger charge is 2.28. The minimum atomic E-state index is -0.982. The number of primary amides is 1. The number of Topliss-reactive ketones (excluding diaryl/α,β-unsaturated/α-hetero) is 1. The van der Waals surface area contributed by atoms with Gasteiger partial charge in [-0.3, -0.25) is 14.6 Å². The molecule has 0 unspecified atom stereocenters. The lowest BCUT2D eigenvalue weighted by Crippen LogP contribution is -2.35. The summed E-state index contributed by atoms with van der Waals surface area (Å²) >= 11 is 0. The van der Waals surface area contributed by atoms with Crippen LogP contribution in [-0.2, 0) is 29.5 Å². The Bertz CT molecular complexity index is 1650. The molecule has 0 saturated carbocycles. The van der Waals surface area contributed by atoms with Crippen LogP contribution in [0, 0.1) is 11.6 Å². The molecule has 6 nitrogen and oxygen atoms in total. The van der Waals surface area contributed by atoms with Crippen molar-refractivity contribution >= 4 is 17.8 Å². The van der Waals surface area contributed by atoms with Gasteiger partial charge in [0.25, 0.3) is 0 Å². The van der Waals surface area contributed by atoms with Gasteiger partial charge in [-0.05, 0) is 49.2 Å². The zero-order valence-corrected chi connectivity index (χ0v) is 21.5. The van der Waals surface area contributed by atoms with Crippen LogP contribution in [0.15, 0.2) is 67.1 Å². The molecule has 2 heterocycles. The van der Waals surface area contributed by atoms with Crippen molar-refractivity contribution in [2.45, 2.75) is 38.5 Å². The average Bonchev–Trinajstić information content (AvgIpc) is 3.42. The topological polar surface area (TPSA) is 98.8 Å². The van der Waals surface area contributed by atoms with E-state index in [1.807, 2.05) is 18.2 Å². The fraction of sp³-hybridized carbons (Fsp3) is 0.194. The first-order chi connectivity index (χ1) is 18.7. The number of amides is 1. The summed E-state index contributed by atoms with van der Waals surface area (Å²) in [6.07, 6.45) is 7.27. The van der Waals surface area contributed by atoms with Gasteiger partial charge in [-0.1, -0.05) is 36.4 Å². The number of hydrogen-bond acceptors (Lipinski definition) is 5. The van der Waals surface area contributed by atoms with E-state index >= 15 is 4.39 Å². The molecule has 0 aliphatic heterocycles. The van der Waals surface area contributed by atoms with Crippen molar-refractivity contribution in [3.8, 4) is 11.3 Å². The monoisotopic (exact) mass is 524 g/mol. The molecule has 1 amide bonds. The van der Waals surface area contributed by atoms with E-state index in [0.29, 0.717) is 34.5 Å². The van der Waals surface area contributed by atoms with Crippen LogP contribution < -0.4 is 5.73 Å². The lowest BCUT2D eigenvalue weighted by molar-refractivity contribution is -0.122. The summed E-state index contributed by atoms with van der Waals surface area (Å²) in [5.41, 5.74) is 8.85. The Labute approximate surface area is 224 Å². The lowest BCUT2D eigenvalue weighted by atomic mass is 9.82. The van der Waals surface area contributed by atoms with Crippen LogP contribution in [0.3, 0.4) is 0 Å². The Balaban J connectivity index is 1.45. The SMILES string of the molecule is CC(C)(C(N)=O)c1cccc(C(=O)Cc2ccc(F)c(Cc3ncccc3-c3ncnc4c3C=CC4)c2F)c1. The molecule has 2 aromatic carbocycles. The standard InChI is InChI=1S/C31H26F2N4O2/c1-31(2,30(34)39)20-7-3-6-18(14-20)27(38)15-19-11-12-24(32)23(28(19)33)16-26-22(9-5-13-35-26)29-21-8-4-10-25(21)36-17-37-29/h3-9,11-14,17H,10,15-16H2,1-2H3,(H2,34,39). The van der Waals surface area contributed by atoms with E-state index in [2.05, 4.69) is 15.0 Å². The number of carbonyl (C=O) groups excluding carboxylic acids is 2. The van der Waals surface area contributed by atoms with Crippen molar-refractivity contribution in [1.82, 2.24) is 15.0 Å². The highest BCUT2D eigenvalue weighted by molar-refractivity contribution is 5.98. The molecule has 2 N–H and O–H groups in total. The van der Waals surface area contributed by atoms with Gasteiger partial charge in [-0.25, -0.2) is 18.7 Å². The molecule has 0 fully saturated rings. The number of ketones is 1. The van der Waals surface area contributed by atoms with Crippen LogP contribution in [0.2, 0.25) is 0 Å². The van der Waals surface area contributed by atoms with Gasteiger partial charge in [0, 0.05) is 47.7 Å². The summed E-state index contributed by atoms with van der Waals surface area (Å²) in [5, 5.41) is 0. The van der Waals surface area contributed by atoms with E-state index in [1.165, 1.54) is 18.5 Å². The molecule has 39 heavy (non-hydrogen) atoms. The number of carbonyl (C=O) groups is 2. The number of pyridine rings is 1. The average molecular weight is 525 g/mol. The maximum atomic E-state index is 15.7. The Kier molecular flexibility index (Phi) is 6.87. The molecule has 196 valence electrons. The van der Waals surface area contributed by atoms with Gasteiger partial charge in [-0.15, -0.1) is 0 Å². The summed E-state index contributed by atoms with van der Waals surface area (Å²) in [6, 6.07) is 12.6. The molecular formula is C31H26F2N4O2. The first kappa shape index (κ1) is 26.0. The third kappa shape index (κ3) is 4.97. The van der Waals surface area contributed by atoms with Crippen LogP contribution >= 0.6 is 0 Å². The fourth-order valence-electron chi connectivity index (χ4n) is 4.68. The Morgan fingerprint density at radius 2 is 1.85 bits per heavy atom. The second-order valence-corrected chi connectivity index (χ2v) is 10.0. The van der Waals surface area contributed by atoms with E-state index in [4.69, 9.17) is 5.73 Å². The van der Waals surface area contributed by atoms with Crippen molar-refractivity contribution in [2.24, 2.45) is 5.73 Å². The van der Waals surface area contributed by atoms with E-state index < -0.39 is 23.0 Å². The molecule has 1 aliphatic rings. The quantitative estimate of drug-likeness (QED) is 0.321. The van der Waals surface area contributed by atoms with Crippen LogP contribution in [0.5, 0.6) is 0 Å². The molecule has 0 spiro atoms. The van der Waals surface area contributed by atoms with Gasteiger partial charge in [-0.2, -0.15) is 0 Å². The summed E-state index contributed by atoms with van der Waals surface area (Å²) in [7, 11) is 0. The number of aromatic nitrogens is 3. The number of nitrogens with zero attached hydrogens (tertiary/aromatic N) is 3. The van der Waals surface area contributed by atoms with Crippen molar-refractivity contribution in [3.05, 3.63) is 118 Å². The molecule has 0 radical (unpaired) electrons. The van der Waals surface area contributed by atoms with E-state index in [1.54, 1.807) is 50.4 Å². The van der Waals surface area contributed by atoms with Crippen LogP contribution in [-0.4, -0.2) is 26.6 Å². The van der Waals surface area contributed by atoms with Crippen molar-refractivity contribution in [2.75, 3.05) is 0 Å². The Morgan fingerprint density at radius 1 is 1.03 bits per heavy atom. The van der Waals surface area contributed by atoms with Gasteiger partial charge in [0.1, 0.15) is 18.0 Å². The largest absolute Gasteiger partial charge is 0.369 e. The predicted molar refractivity (Wildman–Crippen MR) is 144 cm³/mol. The van der Waals surface area contributed by atoms with E-state index in [-0.39, 0.29) is 29.8 Å². The molecule has 0 saturated heterocycles. The first-order valence-corrected chi connectivity index (χ1v) is 12.5. The number of hydrogen-bond donors (Lipinski definition) is 1. The third-order valence-corrected chi connectivity index (χ3v) is 7.19. The molecule has 2 aromatic heterocycles. The maximum absolute atomic E-state index is 15.7. The van der Waals surface area contributed by atoms with E-state index in [0.717, 1.165) is 11.3 Å². The lowest BCUT2D eigenvalue weighted by Gasteiger charge is -2.21. The second-order valence-electron chi connectivity index (χ2n) is 10.0. The summed E-state index contributed by atoms with van der Waals surface area (Å²) in [6.45, 7) is 3.34. The molecule has 0 bridgehead atoms. The van der Waals surface area contributed by atoms with Gasteiger partial charge >= 0.3 is 0 Å². The molecular weight excluding hydrogens is 498 g/mol. The summed E-state index contributed by atoms with van der Waals surface area (Å²) in [5.74, 6) is -2.41. The third-order valence-electron chi connectivity index (χ3n) is 7.19. The smallest absolute Gasteiger partial charge is 0.227 e. The Hall–Kier alpha value is -4.59. The van der Waals surface area contributed by atoms with Crippen molar-refractivity contribution in [1.29, 1.82) is 0 Å². The molecule has 4 aromatic rings. The minimum Gasteiger partial charge on any atom is -0.369 e. The number of rotatable bonds is 8. The molecule has 8 heteroatoms. The normalized spacial score (nSPS) is 12.4. The fourth-order valence-corrected chi connectivity index (χ4v) is 4.68. The van der Waals surface area contributed by atoms with Gasteiger partial charge in [0.15, 0.2) is 5.78 Å². The van der Waals surface area contributed by atoms with Gasteiger partial charge in [0.2, 0.25) is 5.91 Å².